The summed E-state index contributed by atoms with van der Waals surface area (Å²) in [6, 6.07) is 3.24. The van der Waals surface area contributed by atoms with E-state index in [9.17, 15) is 4.79 Å². The number of aromatic nitrogens is 3. The Balaban J connectivity index is 2.29. The summed E-state index contributed by atoms with van der Waals surface area (Å²) in [6.45, 7) is 0. The SMILES string of the molecule is O=C(O)c1cc(Cl)c2nnc(-c3cc(Br)c(Br)s3)n2c1. The Hall–Kier alpha value is -0.960. The summed E-state index contributed by atoms with van der Waals surface area (Å²) in [4.78, 5) is 11.9. The van der Waals surface area contributed by atoms with Gasteiger partial charge in [-0.05, 0) is 44.0 Å². The van der Waals surface area contributed by atoms with Crippen LogP contribution in [-0.4, -0.2) is 25.7 Å². The number of pyridine rings is 1. The molecule has 0 fully saturated rings. The molecule has 0 aliphatic heterocycles. The van der Waals surface area contributed by atoms with Crippen LogP contribution in [0.3, 0.4) is 0 Å². The summed E-state index contributed by atoms with van der Waals surface area (Å²) >= 11 is 14.3. The van der Waals surface area contributed by atoms with Crippen molar-refractivity contribution in [3.8, 4) is 10.7 Å². The van der Waals surface area contributed by atoms with E-state index in [0.717, 1.165) is 13.1 Å². The van der Waals surface area contributed by atoms with Gasteiger partial charge in [0.05, 0.1) is 19.2 Å². The molecule has 0 unspecified atom stereocenters. The lowest BCUT2D eigenvalue weighted by Gasteiger charge is -2.01. The third kappa shape index (κ3) is 2.26. The van der Waals surface area contributed by atoms with Crippen molar-refractivity contribution in [2.45, 2.75) is 0 Å². The van der Waals surface area contributed by atoms with Crippen molar-refractivity contribution in [3.05, 3.63) is 37.2 Å². The third-order valence-corrected chi connectivity index (χ3v) is 6.10. The van der Waals surface area contributed by atoms with Gasteiger partial charge in [-0.15, -0.1) is 21.5 Å². The lowest BCUT2D eigenvalue weighted by molar-refractivity contribution is 0.0696. The maximum Gasteiger partial charge on any atom is 0.337 e. The minimum Gasteiger partial charge on any atom is -0.478 e. The van der Waals surface area contributed by atoms with Crippen LogP contribution in [0.4, 0.5) is 0 Å². The molecule has 3 heterocycles. The average molecular weight is 438 g/mol. The van der Waals surface area contributed by atoms with Crippen LogP contribution in [-0.2, 0) is 0 Å². The summed E-state index contributed by atoms with van der Waals surface area (Å²) in [5, 5.41) is 17.4. The number of hydrogen-bond donors (Lipinski definition) is 1. The first-order chi connectivity index (χ1) is 9.47. The van der Waals surface area contributed by atoms with E-state index in [1.165, 1.54) is 23.6 Å². The summed E-state index contributed by atoms with van der Waals surface area (Å²) in [5.41, 5.74) is 0.505. The Morgan fingerprint density at radius 2 is 2.10 bits per heavy atom. The van der Waals surface area contributed by atoms with Gasteiger partial charge in [0, 0.05) is 10.7 Å². The molecule has 5 nitrogen and oxygen atoms in total. The standard InChI is InChI=1S/C11H4Br2ClN3O2S/c12-5-2-7(20-8(5)13)10-16-15-9-6(14)1-4(11(18)19)3-17(9)10/h1-3H,(H,18,19). The predicted molar refractivity (Wildman–Crippen MR) is 83.7 cm³/mol. The highest BCUT2D eigenvalue weighted by atomic mass is 79.9. The molecule has 0 saturated carbocycles. The fourth-order valence-corrected chi connectivity index (χ4v) is 3.96. The number of halogens is 3. The summed E-state index contributed by atoms with van der Waals surface area (Å²) < 4.78 is 3.40. The Bertz CT molecular complexity index is 826. The maximum absolute atomic E-state index is 11.1. The van der Waals surface area contributed by atoms with Gasteiger partial charge in [0.1, 0.15) is 0 Å². The largest absolute Gasteiger partial charge is 0.478 e. The summed E-state index contributed by atoms with van der Waals surface area (Å²) in [7, 11) is 0. The molecule has 3 rings (SSSR count). The molecule has 0 atom stereocenters. The van der Waals surface area contributed by atoms with Crippen LogP contribution in [0.25, 0.3) is 16.3 Å². The minimum absolute atomic E-state index is 0.0817. The Morgan fingerprint density at radius 1 is 1.35 bits per heavy atom. The Labute approximate surface area is 138 Å². The number of carbonyl (C=O) groups is 1. The normalized spacial score (nSPS) is 11.2. The number of hydrogen-bond acceptors (Lipinski definition) is 4. The monoisotopic (exact) mass is 435 g/mol. The van der Waals surface area contributed by atoms with Gasteiger partial charge in [0.15, 0.2) is 11.5 Å². The first-order valence-corrected chi connectivity index (χ1v) is 7.98. The number of nitrogens with zero attached hydrogens (tertiary/aromatic N) is 3. The van der Waals surface area contributed by atoms with E-state index >= 15 is 0 Å². The molecular formula is C11H4Br2ClN3O2S. The molecule has 0 aliphatic carbocycles. The fourth-order valence-electron chi connectivity index (χ4n) is 1.70. The number of fused-ring (bicyclic) bond motifs is 1. The molecule has 0 amide bonds. The number of carboxylic acid groups (broad SMARTS) is 1. The maximum atomic E-state index is 11.1. The average Bonchev–Trinajstić information content (AvgIpc) is 2.94. The smallest absolute Gasteiger partial charge is 0.337 e. The van der Waals surface area contributed by atoms with Crippen molar-refractivity contribution in [2.24, 2.45) is 0 Å². The quantitative estimate of drug-likeness (QED) is 0.648. The zero-order valence-electron chi connectivity index (χ0n) is 9.47. The topological polar surface area (TPSA) is 67.5 Å². The van der Waals surface area contributed by atoms with Gasteiger partial charge in [-0.1, -0.05) is 11.6 Å². The summed E-state index contributed by atoms with van der Waals surface area (Å²) in [5.74, 6) is -0.511. The Morgan fingerprint density at radius 3 is 2.70 bits per heavy atom. The molecule has 0 aromatic carbocycles. The number of thiophene rings is 1. The van der Waals surface area contributed by atoms with Gasteiger partial charge in [0.25, 0.3) is 0 Å². The van der Waals surface area contributed by atoms with Gasteiger partial charge in [-0.25, -0.2) is 4.79 Å². The molecule has 20 heavy (non-hydrogen) atoms. The number of aromatic carboxylic acids is 1. The van der Waals surface area contributed by atoms with E-state index in [2.05, 4.69) is 42.1 Å². The van der Waals surface area contributed by atoms with Gasteiger partial charge in [0.2, 0.25) is 0 Å². The van der Waals surface area contributed by atoms with Crippen LogP contribution in [0.1, 0.15) is 10.4 Å². The molecule has 9 heteroatoms. The van der Waals surface area contributed by atoms with E-state index < -0.39 is 5.97 Å². The van der Waals surface area contributed by atoms with E-state index in [0.29, 0.717) is 11.5 Å². The molecule has 0 spiro atoms. The van der Waals surface area contributed by atoms with Crippen molar-refractivity contribution in [2.75, 3.05) is 0 Å². The van der Waals surface area contributed by atoms with Crippen molar-refractivity contribution in [1.29, 1.82) is 0 Å². The highest BCUT2D eigenvalue weighted by Gasteiger charge is 2.17. The highest BCUT2D eigenvalue weighted by Crippen LogP contribution is 2.38. The van der Waals surface area contributed by atoms with Crippen LogP contribution in [0.2, 0.25) is 5.02 Å². The molecule has 1 N–H and O–H groups in total. The second-order valence-electron chi connectivity index (χ2n) is 3.83. The van der Waals surface area contributed by atoms with Crippen molar-refractivity contribution < 1.29 is 9.90 Å². The molecule has 0 radical (unpaired) electrons. The molecule has 0 aliphatic rings. The zero-order chi connectivity index (χ0) is 14.4. The van der Waals surface area contributed by atoms with Crippen molar-refractivity contribution >= 4 is 66.4 Å². The van der Waals surface area contributed by atoms with E-state index in [1.807, 2.05) is 6.07 Å². The van der Waals surface area contributed by atoms with Gasteiger partial charge in [-0.3, -0.25) is 4.40 Å². The second-order valence-corrected chi connectivity index (χ2v) is 7.46. The molecule has 3 aromatic rings. The van der Waals surface area contributed by atoms with Crippen LogP contribution in [0.15, 0.2) is 26.6 Å². The van der Waals surface area contributed by atoms with Crippen LogP contribution in [0.5, 0.6) is 0 Å². The highest BCUT2D eigenvalue weighted by molar-refractivity contribution is 9.13. The second kappa shape index (κ2) is 5.10. The third-order valence-electron chi connectivity index (χ3n) is 2.57. The van der Waals surface area contributed by atoms with Crippen LogP contribution < -0.4 is 0 Å². The van der Waals surface area contributed by atoms with E-state index in [4.69, 9.17) is 16.7 Å². The van der Waals surface area contributed by atoms with Crippen molar-refractivity contribution in [1.82, 2.24) is 14.6 Å². The molecule has 0 bridgehead atoms. The van der Waals surface area contributed by atoms with Gasteiger partial charge in [-0.2, -0.15) is 0 Å². The lowest BCUT2D eigenvalue weighted by Crippen LogP contribution is -2.00. The molecule has 0 saturated heterocycles. The first kappa shape index (κ1) is 14.0. The zero-order valence-corrected chi connectivity index (χ0v) is 14.2. The first-order valence-electron chi connectivity index (χ1n) is 5.20. The predicted octanol–water partition coefficient (Wildman–Crippen LogP) is 4.33. The molecule has 3 aromatic heterocycles. The molecule has 102 valence electrons. The summed E-state index contributed by atoms with van der Waals surface area (Å²) in [6.07, 6.45) is 1.46. The lowest BCUT2D eigenvalue weighted by atomic mass is 10.3. The fraction of sp³-hybridized carbons (Fsp3) is 0. The van der Waals surface area contributed by atoms with Crippen LogP contribution in [0, 0.1) is 0 Å². The van der Waals surface area contributed by atoms with Gasteiger partial charge >= 0.3 is 5.97 Å². The van der Waals surface area contributed by atoms with Crippen molar-refractivity contribution in [3.63, 3.8) is 0 Å². The van der Waals surface area contributed by atoms with Gasteiger partial charge < -0.3 is 5.11 Å². The number of carboxylic acids is 1. The number of rotatable bonds is 2. The van der Waals surface area contributed by atoms with E-state index in [-0.39, 0.29) is 10.6 Å². The molecular weight excluding hydrogens is 433 g/mol. The Kier molecular flexibility index (Phi) is 3.57. The van der Waals surface area contributed by atoms with E-state index in [1.54, 1.807) is 4.40 Å². The van der Waals surface area contributed by atoms with Crippen LogP contribution >= 0.6 is 54.8 Å². The minimum atomic E-state index is -1.05.